The normalized spacial score (nSPS) is 18.8. The number of benzene rings is 2. The zero-order valence-corrected chi connectivity index (χ0v) is 17.8. The molecule has 2 aliphatic heterocycles. The van der Waals surface area contributed by atoms with E-state index in [4.69, 9.17) is 16.3 Å². The van der Waals surface area contributed by atoms with Gasteiger partial charge in [0.05, 0.1) is 11.8 Å². The minimum atomic E-state index is -0.519. The summed E-state index contributed by atoms with van der Waals surface area (Å²) in [6.07, 6.45) is 1.76. The van der Waals surface area contributed by atoms with Crippen LogP contribution in [-0.4, -0.2) is 61.0 Å². The van der Waals surface area contributed by atoms with Crippen molar-refractivity contribution in [3.63, 3.8) is 0 Å². The minimum Gasteiger partial charge on any atom is -0.381 e. The summed E-state index contributed by atoms with van der Waals surface area (Å²) in [5, 5.41) is 0.666. The molecule has 158 valence electrons. The fourth-order valence-corrected chi connectivity index (χ4v) is 4.58. The molecular formula is C24H27ClN2O3. The Morgan fingerprint density at radius 1 is 0.867 bits per heavy atom. The summed E-state index contributed by atoms with van der Waals surface area (Å²) in [7, 11) is 0. The Morgan fingerprint density at radius 2 is 1.47 bits per heavy atom. The van der Waals surface area contributed by atoms with Crippen molar-refractivity contribution in [1.29, 1.82) is 0 Å². The van der Waals surface area contributed by atoms with Gasteiger partial charge in [-0.3, -0.25) is 9.59 Å². The van der Waals surface area contributed by atoms with Crippen LogP contribution < -0.4 is 0 Å². The molecule has 2 fully saturated rings. The molecule has 0 saturated carbocycles. The Morgan fingerprint density at radius 3 is 2.10 bits per heavy atom. The van der Waals surface area contributed by atoms with Crippen LogP contribution in [0.25, 0.3) is 0 Å². The van der Waals surface area contributed by atoms with Gasteiger partial charge in [0.25, 0.3) is 0 Å². The Labute approximate surface area is 182 Å². The van der Waals surface area contributed by atoms with Crippen molar-refractivity contribution < 1.29 is 14.3 Å². The van der Waals surface area contributed by atoms with Crippen LogP contribution in [0.4, 0.5) is 0 Å². The molecule has 0 spiro atoms. The molecule has 0 unspecified atom stereocenters. The molecule has 0 aliphatic carbocycles. The van der Waals surface area contributed by atoms with Crippen molar-refractivity contribution in [3.05, 3.63) is 70.7 Å². The van der Waals surface area contributed by atoms with E-state index in [2.05, 4.69) is 12.1 Å². The molecule has 0 atom stereocenters. The molecule has 2 heterocycles. The molecule has 2 amide bonds. The van der Waals surface area contributed by atoms with Crippen LogP contribution in [-0.2, 0) is 26.2 Å². The first kappa shape index (κ1) is 20.9. The van der Waals surface area contributed by atoms with Gasteiger partial charge in [-0.2, -0.15) is 0 Å². The Balaban J connectivity index is 1.40. The number of rotatable bonds is 4. The van der Waals surface area contributed by atoms with Crippen molar-refractivity contribution in [2.45, 2.75) is 24.7 Å². The monoisotopic (exact) mass is 426 g/mol. The van der Waals surface area contributed by atoms with Gasteiger partial charge in [0.1, 0.15) is 0 Å². The topological polar surface area (TPSA) is 49.9 Å². The van der Waals surface area contributed by atoms with Gasteiger partial charge < -0.3 is 14.5 Å². The zero-order valence-electron chi connectivity index (χ0n) is 17.1. The van der Waals surface area contributed by atoms with E-state index in [9.17, 15) is 9.59 Å². The van der Waals surface area contributed by atoms with E-state index < -0.39 is 5.41 Å². The molecule has 2 aromatic carbocycles. The summed E-state index contributed by atoms with van der Waals surface area (Å²) < 4.78 is 5.56. The number of carbonyl (C=O) groups excluding carboxylic acids is 2. The highest BCUT2D eigenvalue weighted by Crippen LogP contribution is 2.37. The van der Waals surface area contributed by atoms with Gasteiger partial charge in [0.15, 0.2) is 0 Å². The molecule has 0 aromatic heterocycles. The van der Waals surface area contributed by atoms with Crippen molar-refractivity contribution in [1.82, 2.24) is 9.80 Å². The smallest absolute Gasteiger partial charge is 0.233 e. The lowest BCUT2D eigenvalue weighted by Gasteiger charge is -2.43. The van der Waals surface area contributed by atoms with Gasteiger partial charge in [-0.25, -0.2) is 0 Å². The lowest BCUT2D eigenvalue weighted by atomic mass is 9.73. The maximum absolute atomic E-state index is 13.6. The maximum Gasteiger partial charge on any atom is 0.233 e. The number of carbonyl (C=O) groups is 2. The van der Waals surface area contributed by atoms with Crippen LogP contribution in [0.15, 0.2) is 54.6 Å². The number of amides is 2. The van der Waals surface area contributed by atoms with Crippen LogP contribution >= 0.6 is 11.6 Å². The Hall–Kier alpha value is -2.37. The molecule has 5 nitrogen and oxygen atoms in total. The summed E-state index contributed by atoms with van der Waals surface area (Å²) >= 11 is 5.92. The second-order valence-electron chi connectivity index (χ2n) is 8.04. The second-order valence-corrected chi connectivity index (χ2v) is 8.47. The third-order valence-electron chi connectivity index (χ3n) is 6.27. The van der Waals surface area contributed by atoms with Gasteiger partial charge in [0.2, 0.25) is 11.8 Å². The van der Waals surface area contributed by atoms with Crippen LogP contribution in [0.2, 0.25) is 5.02 Å². The van der Waals surface area contributed by atoms with Crippen molar-refractivity contribution in [3.8, 4) is 0 Å². The third kappa shape index (κ3) is 4.37. The van der Waals surface area contributed by atoms with E-state index in [1.54, 1.807) is 12.1 Å². The number of halogens is 1. The highest BCUT2D eigenvalue weighted by molar-refractivity contribution is 6.30. The van der Waals surface area contributed by atoms with Crippen molar-refractivity contribution in [2.24, 2.45) is 0 Å². The Kier molecular flexibility index (Phi) is 6.40. The predicted molar refractivity (Wildman–Crippen MR) is 116 cm³/mol. The summed E-state index contributed by atoms with van der Waals surface area (Å²) in [5.41, 5.74) is 1.50. The molecule has 2 aliphatic rings. The predicted octanol–water partition coefficient (Wildman–Crippen LogP) is 3.30. The van der Waals surface area contributed by atoms with Gasteiger partial charge >= 0.3 is 0 Å². The molecule has 6 heteroatoms. The Bertz CT molecular complexity index is 871. The van der Waals surface area contributed by atoms with Gasteiger partial charge in [-0.1, -0.05) is 54.1 Å². The highest BCUT2D eigenvalue weighted by atomic mass is 35.5. The number of nitrogens with zero attached hydrogens (tertiary/aromatic N) is 2. The molecule has 30 heavy (non-hydrogen) atoms. The third-order valence-corrected chi connectivity index (χ3v) is 6.52. The van der Waals surface area contributed by atoms with E-state index >= 15 is 0 Å². The number of hydrogen-bond acceptors (Lipinski definition) is 3. The SMILES string of the molecule is O=C(Cc1ccc(Cl)cc1)N1CCN(C(=O)C2(c3ccccc3)CCOCC2)CC1. The first-order valence-electron chi connectivity index (χ1n) is 10.5. The maximum atomic E-state index is 13.6. The summed E-state index contributed by atoms with van der Waals surface area (Å²) in [6.45, 7) is 3.47. The average Bonchev–Trinajstić information content (AvgIpc) is 2.81. The van der Waals surface area contributed by atoms with E-state index in [1.807, 2.05) is 40.1 Å². The molecule has 0 radical (unpaired) electrons. The van der Waals surface area contributed by atoms with Crippen LogP contribution in [0, 0.1) is 0 Å². The molecular weight excluding hydrogens is 400 g/mol. The van der Waals surface area contributed by atoms with Crippen molar-refractivity contribution in [2.75, 3.05) is 39.4 Å². The van der Waals surface area contributed by atoms with Crippen molar-refractivity contribution >= 4 is 23.4 Å². The van der Waals surface area contributed by atoms with E-state index in [0.717, 1.165) is 11.1 Å². The van der Waals surface area contributed by atoms with Gasteiger partial charge in [0, 0.05) is 44.4 Å². The summed E-state index contributed by atoms with van der Waals surface area (Å²) in [6, 6.07) is 17.4. The lowest BCUT2D eigenvalue weighted by Crippen LogP contribution is -2.57. The second kappa shape index (κ2) is 9.19. The largest absolute Gasteiger partial charge is 0.381 e. The molecule has 0 N–H and O–H groups in total. The standard InChI is InChI=1S/C24H27ClN2O3/c25-21-8-6-19(7-9-21)18-22(28)26-12-14-27(15-13-26)23(29)24(10-16-30-17-11-24)20-4-2-1-3-5-20/h1-9H,10-18H2. The molecule has 2 aromatic rings. The molecule has 4 rings (SSSR count). The van der Waals surface area contributed by atoms with Crippen LogP contribution in [0.5, 0.6) is 0 Å². The molecule has 2 saturated heterocycles. The highest BCUT2D eigenvalue weighted by Gasteiger charge is 2.44. The zero-order chi connectivity index (χ0) is 21.0. The lowest BCUT2D eigenvalue weighted by molar-refractivity contribution is -0.146. The molecule has 0 bridgehead atoms. The number of piperazine rings is 1. The summed E-state index contributed by atoms with van der Waals surface area (Å²) in [4.78, 5) is 30.1. The first-order chi connectivity index (χ1) is 14.6. The number of hydrogen-bond donors (Lipinski definition) is 0. The summed E-state index contributed by atoms with van der Waals surface area (Å²) in [5.74, 6) is 0.259. The first-order valence-corrected chi connectivity index (χ1v) is 10.9. The fourth-order valence-electron chi connectivity index (χ4n) is 4.45. The van der Waals surface area contributed by atoms with Gasteiger partial charge in [-0.15, -0.1) is 0 Å². The number of ether oxygens (including phenoxy) is 1. The average molecular weight is 427 g/mol. The van der Waals surface area contributed by atoms with E-state index in [1.165, 1.54) is 0 Å². The van der Waals surface area contributed by atoms with E-state index in [0.29, 0.717) is 63.7 Å². The minimum absolute atomic E-state index is 0.0910. The van der Waals surface area contributed by atoms with E-state index in [-0.39, 0.29) is 11.8 Å². The quantitative estimate of drug-likeness (QED) is 0.753. The van der Waals surface area contributed by atoms with Gasteiger partial charge in [-0.05, 0) is 36.1 Å². The van der Waals surface area contributed by atoms with Crippen LogP contribution in [0.3, 0.4) is 0 Å². The van der Waals surface area contributed by atoms with Crippen LogP contribution in [0.1, 0.15) is 24.0 Å². The fraction of sp³-hybridized carbons (Fsp3) is 0.417.